The number of hydrogen-bond acceptors (Lipinski definition) is 4. The largest absolute Gasteiger partial charge is 0.459 e. The van der Waals surface area contributed by atoms with Crippen LogP contribution in [0, 0.1) is 0 Å². The van der Waals surface area contributed by atoms with Gasteiger partial charge in [-0.25, -0.2) is 8.42 Å². The number of halogens is 1. The molecule has 0 aliphatic heterocycles. The Labute approximate surface area is 172 Å². The maximum Gasteiger partial charge on any atom is 0.191 e. The molecule has 1 heterocycles. The fraction of sp³-hybridized carbons (Fsp3) is 0.500. The number of nitrogens with one attached hydrogen (secondary N) is 2. The highest BCUT2D eigenvalue weighted by atomic mass is 127. The number of nitrogens with zero attached hydrogens (tertiary/aromatic N) is 1. The van der Waals surface area contributed by atoms with Gasteiger partial charge in [-0.2, -0.15) is 0 Å². The maximum absolute atomic E-state index is 12.1. The van der Waals surface area contributed by atoms with Crippen molar-refractivity contribution in [3.05, 3.63) is 36.1 Å². The maximum atomic E-state index is 12.1. The minimum atomic E-state index is -3.16. The first-order valence-electron chi connectivity index (χ1n) is 8.32. The Bertz CT molecular complexity index is 821. The Morgan fingerprint density at radius 3 is 2.50 bits per heavy atom. The van der Waals surface area contributed by atoms with Crippen molar-refractivity contribution in [1.82, 2.24) is 10.6 Å². The molecule has 0 bridgehead atoms. The second-order valence-corrected chi connectivity index (χ2v) is 9.85. The second-order valence-electron chi connectivity index (χ2n) is 6.98. The van der Waals surface area contributed by atoms with Crippen LogP contribution in [0.4, 0.5) is 0 Å². The fourth-order valence-electron chi connectivity index (χ4n) is 2.30. The molecule has 2 N–H and O–H groups in total. The monoisotopic (exact) mass is 493 g/mol. The molecule has 1 aromatic heterocycles. The van der Waals surface area contributed by atoms with Gasteiger partial charge in [0.1, 0.15) is 11.3 Å². The number of sulfone groups is 1. The third-order valence-electron chi connectivity index (χ3n) is 4.04. The van der Waals surface area contributed by atoms with Gasteiger partial charge in [-0.05, 0) is 39.8 Å². The number of benzene rings is 1. The number of guanidine groups is 1. The van der Waals surface area contributed by atoms with Crippen molar-refractivity contribution < 1.29 is 12.8 Å². The molecule has 1 unspecified atom stereocenters. The van der Waals surface area contributed by atoms with Crippen molar-refractivity contribution >= 4 is 50.7 Å². The predicted molar refractivity (Wildman–Crippen MR) is 118 cm³/mol. The minimum absolute atomic E-state index is 0. The molecule has 0 amide bonds. The summed E-state index contributed by atoms with van der Waals surface area (Å²) in [5, 5.41) is 7.32. The van der Waals surface area contributed by atoms with E-state index in [1.807, 2.05) is 37.3 Å². The van der Waals surface area contributed by atoms with Crippen LogP contribution in [0.1, 0.15) is 39.5 Å². The van der Waals surface area contributed by atoms with E-state index < -0.39 is 14.6 Å². The lowest BCUT2D eigenvalue weighted by Crippen LogP contribution is -2.42. The van der Waals surface area contributed by atoms with Gasteiger partial charge in [0.15, 0.2) is 15.8 Å². The van der Waals surface area contributed by atoms with Crippen molar-refractivity contribution in [2.24, 2.45) is 4.99 Å². The van der Waals surface area contributed by atoms with Gasteiger partial charge in [-0.1, -0.05) is 18.2 Å². The van der Waals surface area contributed by atoms with Crippen molar-refractivity contribution in [2.75, 3.05) is 19.3 Å². The van der Waals surface area contributed by atoms with Gasteiger partial charge in [-0.3, -0.25) is 4.99 Å². The molecule has 26 heavy (non-hydrogen) atoms. The zero-order valence-electron chi connectivity index (χ0n) is 15.9. The van der Waals surface area contributed by atoms with Crippen molar-refractivity contribution in [3.63, 3.8) is 0 Å². The summed E-state index contributed by atoms with van der Waals surface area (Å²) in [5.74, 6) is 1.39. The van der Waals surface area contributed by atoms with Gasteiger partial charge in [0.25, 0.3) is 0 Å². The molecule has 0 aliphatic rings. The molecule has 0 aliphatic carbocycles. The van der Waals surface area contributed by atoms with Crippen molar-refractivity contribution in [1.29, 1.82) is 0 Å². The zero-order chi connectivity index (χ0) is 18.7. The number of rotatable bonds is 5. The molecule has 0 saturated heterocycles. The van der Waals surface area contributed by atoms with E-state index in [2.05, 4.69) is 15.6 Å². The highest BCUT2D eigenvalue weighted by Gasteiger charge is 2.28. The topological polar surface area (TPSA) is 83.7 Å². The van der Waals surface area contributed by atoms with Crippen LogP contribution in [0.5, 0.6) is 0 Å². The fourth-order valence-corrected chi connectivity index (χ4v) is 3.28. The SMILES string of the molecule is CN=C(NCCS(=O)(=O)C(C)(C)C)NC(C)c1cc2ccccc2o1.I. The third-order valence-corrected chi connectivity index (χ3v) is 6.65. The molecule has 0 spiro atoms. The molecule has 2 aromatic rings. The summed E-state index contributed by atoms with van der Waals surface area (Å²) in [6, 6.07) is 9.72. The summed E-state index contributed by atoms with van der Waals surface area (Å²) in [6.45, 7) is 7.39. The lowest BCUT2D eigenvalue weighted by molar-refractivity contribution is 0.488. The first-order chi connectivity index (χ1) is 11.6. The molecule has 0 fully saturated rings. The van der Waals surface area contributed by atoms with Gasteiger partial charge in [0.2, 0.25) is 0 Å². The molecule has 8 heteroatoms. The van der Waals surface area contributed by atoms with Crippen LogP contribution in [0.3, 0.4) is 0 Å². The van der Waals surface area contributed by atoms with Crippen LogP contribution in [0.15, 0.2) is 39.7 Å². The van der Waals surface area contributed by atoms with E-state index in [1.54, 1.807) is 27.8 Å². The van der Waals surface area contributed by atoms with Gasteiger partial charge in [0, 0.05) is 19.0 Å². The Hall–Kier alpha value is -1.29. The highest BCUT2D eigenvalue weighted by molar-refractivity contribution is 14.0. The first kappa shape index (κ1) is 22.8. The van der Waals surface area contributed by atoms with E-state index >= 15 is 0 Å². The summed E-state index contributed by atoms with van der Waals surface area (Å²) in [5.41, 5.74) is 0.838. The average Bonchev–Trinajstić information content (AvgIpc) is 2.96. The van der Waals surface area contributed by atoms with E-state index in [9.17, 15) is 8.42 Å². The van der Waals surface area contributed by atoms with E-state index in [0.29, 0.717) is 12.5 Å². The van der Waals surface area contributed by atoms with Gasteiger partial charge < -0.3 is 15.1 Å². The molecule has 146 valence electrons. The molecule has 0 radical (unpaired) electrons. The molecule has 6 nitrogen and oxygen atoms in total. The van der Waals surface area contributed by atoms with Crippen LogP contribution in [0.25, 0.3) is 11.0 Å². The second kappa shape index (κ2) is 9.07. The van der Waals surface area contributed by atoms with Gasteiger partial charge >= 0.3 is 0 Å². The van der Waals surface area contributed by atoms with E-state index in [-0.39, 0.29) is 35.8 Å². The quantitative estimate of drug-likeness (QED) is 0.379. The van der Waals surface area contributed by atoms with E-state index in [0.717, 1.165) is 16.7 Å². The summed E-state index contributed by atoms with van der Waals surface area (Å²) in [4.78, 5) is 4.15. The molecule has 0 saturated carbocycles. The number of fused-ring (bicyclic) bond motifs is 1. The molecule has 1 atom stereocenters. The lowest BCUT2D eigenvalue weighted by atomic mass is 10.2. The Morgan fingerprint density at radius 1 is 1.27 bits per heavy atom. The van der Waals surface area contributed by atoms with Crippen molar-refractivity contribution in [2.45, 2.75) is 38.5 Å². The van der Waals surface area contributed by atoms with Crippen LogP contribution in [0.2, 0.25) is 0 Å². The van der Waals surface area contributed by atoms with Crippen molar-refractivity contribution in [3.8, 4) is 0 Å². The standard InChI is InChI=1S/C18H27N3O3S.HI/c1-13(16-12-14-8-6-7-9-15(14)24-16)21-17(19-5)20-10-11-25(22,23)18(2,3)4;/h6-9,12-13H,10-11H2,1-5H3,(H2,19,20,21);1H. The van der Waals surface area contributed by atoms with Crippen LogP contribution >= 0.6 is 24.0 Å². The lowest BCUT2D eigenvalue weighted by Gasteiger charge is -2.20. The number of hydrogen-bond donors (Lipinski definition) is 2. The zero-order valence-corrected chi connectivity index (χ0v) is 19.0. The van der Waals surface area contributed by atoms with E-state index in [4.69, 9.17) is 4.42 Å². The number of furan rings is 1. The number of para-hydroxylation sites is 1. The minimum Gasteiger partial charge on any atom is -0.459 e. The Kier molecular flexibility index (Phi) is 7.94. The van der Waals surface area contributed by atoms with Crippen LogP contribution < -0.4 is 10.6 Å². The van der Waals surface area contributed by atoms with E-state index in [1.165, 1.54) is 0 Å². The van der Waals surface area contributed by atoms with Crippen LogP contribution in [-0.2, 0) is 9.84 Å². The summed E-state index contributed by atoms with van der Waals surface area (Å²) in [6.07, 6.45) is 0. The van der Waals surface area contributed by atoms with Gasteiger partial charge in [0.05, 0.1) is 16.5 Å². The summed E-state index contributed by atoms with van der Waals surface area (Å²) < 4.78 is 29.4. The summed E-state index contributed by atoms with van der Waals surface area (Å²) in [7, 11) is -1.51. The van der Waals surface area contributed by atoms with Gasteiger partial charge in [-0.15, -0.1) is 24.0 Å². The molecular weight excluding hydrogens is 465 g/mol. The third kappa shape index (κ3) is 5.60. The first-order valence-corrected chi connectivity index (χ1v) is 9.97. The number of aliphatic imine (C=N–C) groups is 1. The highest BCUT2D eigenvalue weighted by Crippen LogP contribution is 2.23. The average molecular weight is 493 g/mol. The Morgan fingerprint density at radius 2 is 1.92 bits per heavy atom. The Balaban J connectivity index is 0.00000338. The summed E-state index contributed by atoms with van der Waals surface area (Å²) >= 11 is 0. The molecule has 1 aromatic carbocycles. The smallest absolute Gasteiger partial charge is 0.191 e. The predicted octanol–water partition coefficient (Wildman–Crippen LogP) is 3.49. The molecular formula is C18H28IN3O3S. The molecule has 2 rings (SSSR count). The normalized spacial score (nSPS) is 14.0. The van der Waals surface area contributed by atoms with Crippen LogP contribution in [-0.4, -0.2) is 38.5 Å².